The van der Waals surface area contributed by atoms with Crippen LogP contribution in [0.15, 0.2) is 84.6 Å². The van der Waals surface area contributed by atoms with Crippen molar-refractivity contribution < 1.29 is 48.3 Å². The average molecular weight is 727 g/mol. The lowest BCUT2D eigenvalue weighted by Gasteiger charge is -2.44. The molecule has 12 heteroatoms. The van der Waals surface area contributed by atoms with Crippen LogP contribution >= 0.6 is 0 Å². The molecule has 0 saturated carbocycles. The minimum Gasteiger partial charge on any atom is -0.493 e. The average Bonchev–Trinajstić information content (AvgIpc) is 3.17. The Bertz CT molecular complexity index is 1810. The van der Waals surface area contributed by atoms with Crippen LogP contribution in [0.1, 0.15) is 79.4 Å². The molecule has 0 fully saturated rings. The molecular formula is C41H46N2O10. The number of hydrogen-bond donors (Lipinski definition) is 4. The van der Waals surface area contributed by atoms with Crippen molar-refractivity contribution in [3.8, 4) is 11.5 Å². The first kappa shape index (κ1) is 37.6. The molecule has 3 aliphatic rings. The zero-order chi connectivity index (χ0) is 37.4. The van der Waals surface area contributed by atoms with Gasteiger partial charge in [-0.25, -0.2) is 0 Å². The number of benzene rings is 3. The Hall–Kier alpha value is -5.20. The molecule has 3 aromatic carbocycles. The molecule has 5 atom stereocenters. The van der Waals surface area contributed by atoms with Gasteiger partial charge in [0.25, 0.3) is 11.8 Å². The second kappa shape index (κ2) is 17.1. The lowest BCUT2D eigenvalue weighted by atomic mass is 9.71. The number of fused-ring (bicyclic) bond motifs is 4. The predicted molar refractivity (Wildman–Crippen MR) is 192 cm³/mol. The van der Waals surface area contributed by atoms with E-state index in [0.29, 0.717) is 29.0 Å². The number of aliphatic hydroxyl groups excluding tert-OH is 2. The minimum absolute atomic E-state index is 0.0258. The first-order chi connectivity index (χ1) is 25.7. The minimum atomic E-state index is -1.37. The number of methoxy groups -OCH3 is 1. The Kier molecular flexibility index (Phi) is 12.1. The van der Waals surface area contributed by atoms with Crippen molar-refractivity contribution in [2.24, 2.45) is 5.92 Å². The zero-order valence-electron chi connectivity index (χ0n) is 29.8. The number of hydrogen-bond acceptors (Lipinski definition) is 10. The molecule has 3 aromatic rings. The molecule has 0 radical (unpaired) electrons. The molecule has 6 rings (SSSR count). The molecule has 53 heavy (non-hydrogen) atoms. The van der Waals surface area contributed by atoms with Crippen molar-refractivity contribution in [3.63, 3.8) is 0 Å². The van der Waals surface area contributed by atoms with E-state index in [1.807, 2.05) is 12.1 Å². The largest absolute Gasteiger partial charge is 0.493 e. The fourth-order valence-corrected chi connectivity index (χ4v) is 7.47. The molecule has 2 aliphatic carbocycles. The summed E-state index contributed by atoms with van der Waals surface area (Å²) in [7, 11) is 1.57. The van der Waals surface area contributed by atoms with Gasteiger partial charge in [0.1, 0.15) is 11.4 Å². The van der Waals surface area contributed by atoms with E-state index in [9.17, 15) is 29.4 Å². The molecule has 0 aromatic heterocycles. The van der Waals surface area contributed by atoms with Crippen LogP contribution < -0.4 is 20.1 Å². The Morgan fingerprint density at radius 2 is 1.47 bits per heavy atom. The molecule has 1 aliphatic heterocycles. The van der Waals surface area contributed by atoms with Crippen LogP contribution in [0.4, 0.5) is 0 Å². The van der Waals surface area contributed by atoms with Crippen LogP contribution in [-0.2, 0) is 41.5 Å². The second-order valence-electron chi connectivity index (χ2n) is 13.7. The van der Waals surface area contributed by atoms with E-state index in [1.54, 1.807) is 73.8 Å². The van der Waals surface area contributed by atoms with Crippen molar-refractivity contribution in [1.82, 2.24) is 10.6 Å². The van der Waals surface area contributed by atoms with Crippen molar-refractivity contribution >= 4 is 23.8 Å². The molecule has 1 heterocycles. The van der Waals surface area contributed by atoms with Crippen LogP contribution in [0, 0.1) is 5.92 Å². The summed E-state index contributed by atoms with van der Waals surface area (Å²) in [5, 5.41) is 26.0. The highest BCUT2D eigenvalue weighted by molar-refractivity contribution is 5.83. The Labute approximate surface area is 308 Å². The molecule has 6 bridgehead atoms. The molecule has 0 spiro atoms. The number of nitrogens with one attached hydrogen (secondary N) is 2. The number of aliphatic hydroxyl groups is 2. The van der Waals surface area contributed by atoms with E-state index in [2.05, 4.69) is 10.6 Å². The Balaban J connectivity index is 1.17. The number of rotatable bonds is 13. The van der Waals surface area contributed by atoms with E-state index in [1.165, 1.54) is 0 Å². The van der Waals surface area contributed by atoms with Gasteiger partial charge in [0, 0.05) is 37.4 Å². The maximum Gasteiger partial charge on any atom is 0.312 e. The van der Waals surface area contributed by atoms with Crippen LogP contribution in [0.5, 0.6) is 11.5 Å². The fourth-order valence-electron chi connectivity index (χ4n) is 7.47. The summed E-state index contributed by atoms with van der Waals surface area (Å²) in [5.41, 5.74) is 2.00. The standard InChI is InChI=1S/C41H46N2O10/c1-50-32-17-16-28-24-29-14-8-9-15-30(28)38(32)52-33-25-41(29,53-35(45)20-23-43-40(49)37(47)27-12-6-3-7-13-27)21-18-31(33)51-34(44)19-22-42-39(48)36(46)26-10-4-2-5-11-26/h2-7,10-13,16-18,29,33,36-37,46-47H,8-9,14-15,19-25H2,1H3,(H,42,48)(H,43,49)/t29-,33-,36+,37+,41+/m1/s1. The molecular weight excluding hydrogens is 680 g/mol. The van der Waals surface area contributed by atoms with Gasteiger partial charge in [0.05, 0.1) is 20.0 Å². The lowest BCUT2D eigenvalue weighted by molar-refractivity contribution is -0.173. The lowest BCUT2D eigenvalue weighted by Crippen LogP contribution is -2.50. The molecule has 12 nitrogen and oxygen atoms in total. The third kappa shape index (κ3) is 8.89. The van der Waals surface area contributed by atoms with Gasteiger partial charge in [-0.2, -0.15) is 0 Å². The highest BCUT2D eigenvalue weighted by Crippen LogP contribution is 2.48. The van der Waals surface area contributed by atoms with Crippen LogP contribution in [0.2, 0.25) is 0 Å². The van der Waals surface area contributed by atoms with Gasteiger partial charge >= 0.3 is 11.9 Å². The van der Waals surface area contributed by atoms with Gasteiger partial charge in [-0.05, 0) is 54.5 Å². The van der Waals surface area contributed by atoms with Crippen LogP contribution in [-0.4, -0.2) is 65.9 Å². The first-order valence-corrected chi connectivity index (χ1v) is 18.2. The summed E-state index contributed by atoms with van der Waals surface area (Å²) in [6.07, 6.45) is 2.45. The quantitative estimate of drug-likeness (QED) is 0.186. The third-order valence-corrected chi connectivity index (χ3v) is 10.3. The summed E-state index contributed by atoms with van der Waals surface area (Å²) in [6.45, 7) is -0.0785. The maximum atomic E-state index is 13.5. The van der Waals surface area contributed by atoms with E-state index in [4.69, 9.17) is 18.9 Å². The Morgan fingerprint density at radius 1 is 0.849 bits per heavy atom. The van der Waals surface area contributed by atoms with E-state index < -0.39 is 47.7 Å². The van der Waals surface area contributed by atoms with Gasteiger partial charge in [-0.3, -0.25) is 19.2 Å². The number of esters is 2. The molecule has 280 valence electrons. The zero-order valence-corrected chi connectivity index (χ0v) is 29.8. The van der Waals surface area contributed by atoms with Gasteiger partial charge in [-0.1, -0.05) is 73.2 Å². The fraction of sp³-hybridized carbons (Fsp3) is 0.415. The monoisotopic (exact) mass is 726 g/mol. The van der Waals surface area contributed by atoms with E-state index in [0.717, 1.165) is 36.8 Å². The van der Waals surface area contributed by atoms with Gasteiger partial charge in [0.2, 0.25) is 0 Å². The summed E-state index contributed by atoms with van der Waals surface area (Å²) in [6, 6.07) is 21.0. The predicted octanol–water partition coefficient (Wildman–Crippen LogP) is 4.32. The van der Waals surface area contributed by atoms with Gasteiger partial charge in [-0.15, -0.1) is 0 Å². The van der Waals surface area contributed by atoms with Gasteiger partial charge in [0.15, 0.2) is 29.8 Å². The van der Waals surface area contributed by atoms with Crippen molar-refractivity contribution in [2.45, 2.75) is 81.7 Å². The van der Waals surface area contributed by atoms with Crippen LogP contribution in [0.3, 0.4) is 0 Å². The normalized spacial score (nSPS) is 21.4. The van der Waals surface area contributed by atoms with Gasteiger partial charge < -0.3 is 39.8 Å². The second-order valence-corrected chi connectivity index (χ2v) is 13.7. The summed E-state index contributed by atoms with van der Waals surface area (Å²) < 4.78 is 24.7. The number of ether oxygens (including phenoxy) is 4. The van der Waals surface area contributed by atoms with Crippen LogP contribution in [0.25, 0.3) is 0 Å². The highest BCUT2D eigenvalue weighted by Gasteiger charge is 2.49. The van der Waals surface area contributed by atoms with Crippen molar-refractivity contribution in [3.05, 3.63) is 107 Å². The van der Waals surface area contributed by atoms with Crippen molar-refractivity contribution in [1.29, 1.82) is 0 Å². The number of carbonyl (C=O) groups excluding carboxylic acids is 4. The summed E-state index contributed by atoms with van der Waals surface area (Å²) in [5.74, 6) is -1.03. The smallest absolute Gasteiger partial charge is 0.312 e. The molecule has 0 saturated heterocycles. The Morgan fingerprint density at radius 3 is 2.09 bits per heavy atom. The molecule has 0 unspecified atom stereocenters. The molecule has 2 amide bonds. The topological polar surface area (TPSA) is 170 Å². The number of amides is 2. The first-order valence-electron chi connectivity index (χ1n) is 18.2. The maximum absolute atomic E-state index is 13.5. The highest BCUT2D eigenvalue weighted by atomic mass is 16.6. The SMILES string of the molecule is COc1ccc2c3c1O[C@@H]1C[C@@](OC(=O)CCNC(=O)[C@@H](O)c4ccccc4)(CC=C1OC(=O)CCNC(=O)[C@@H](O)c1ccccc1)[C@H](CCCC3)C2. The van der Waals surface area contributed by atoms with E-state index >= 15 is 0 Å². The summed E-state index contributed by atoms with van der Waals surface area (Å²) >= 11 is 0. The number of carbonyl (C=O) groups is 4. The summed E-state index contributed by atoms with van der Waals surface area (Å²) in [4.78, 5) is 51.8. The van der Waals surface area contributed by atoms with E-state index in [-0.39, 0.29) is 50.4 Å². The molecule has 4 N–H and O–H groups in total. The van der Waals surface area contributed by atoms with Crippen molar-refractivity contribution in [2.75, 3.05) is 20.2 Å². The third-order valence-electron chi connectivity index (χ3n) is 10.3.